The Labute approximate surface area is 111 Å². The summed E-state index contributed by atoms with van der Waals surface area (Å²) < 4.78 is 1.49. The Morgan fingerprint density at radius 3 is 2.63 bits per heavy atom. The van der Waals surface area contributed by atoms with Gasteiger partial charge in [0.25, 0.3) is 0 Å². The predicted molar refractivity (Wildman–Crippen MR) is 71.1 cm³/mol. The number of rotatable bonds is 4. The Balaban J connectivity index is 2.34. The topological polar surface area (TPSA) is 93.2 Å². The van der Waals surface area contributed by atoms with Crippen molar-refractivity contribution in [1.82, 2.24) is 9.78 Å². The monoisotopic (exact) mass is 268 g/mol. The van der Waals surface area contributed by atoms with E-state index in [0.29, 0.717) is 11.5 Å². The molecule has 1 fully saturated rings. The maximum absolute atomic E-state index is 11.1. The van der Waals surface area contributed by atoms with Crippen LogP contribution >= 0.6 is 0 Å². The molecule has 2 rings (SSSR count). The summed E-state index contributed by atoms with van der Waals surface area (Å²) in [5.41, 5.74) is -0.0664. The summed E-state index contributed by atoms with van der Waals surface area (Å²) in [5.74, 6) is 0.387. The highest BCUT2D eigenvalue weighted by Crippen LogP contribution is 2.35. The molecule has 106 valence electrons. The molecular weight excluding hydrogens is 248 g/mol. The van der Waals surface area contributed by atoms with Gasteiger partial charge < -0.3 is 10.4 Å². The molecule has 7 nitrogen and oxygen atoms in total. The Morgan fingerprint density at radius 1 is 1.47 bits per heavy atom. The number of hydrogen-bond donors (Lipinski definition) is 2. The fourth-order valence-corrected chi connectivity index (χ4v) is 2.81. The van der Waals surface area contributed by atoms with E-state index in [1.807, 2.05) is 0 Å². The fourth-order valence-electron chi connectivity index (χ4n) is 2.81. The quantitative estimate of drug-likeness (QED) is 0.641. The molecule has 19 heavy (non-hydrogen) atoms. The standard InChI is InChI=1S/C12H20N4O3/c1-9-10(16(18)19)11(15(2)14-9)13-12(8-17)6-4-3-5-7-12/h13,17H,3-8H2,1-2H3. The summed E-state index contributed by atoms with van der Waals surface area (Å²) in [6.07, 6.45) is 4.85. The van der Waals surface area contributed by atoms with Crippen molar-refractivity contribution >= 4 is 11.5 Å². The van der Waals surface area contributed by atoms with Crippen LogP contribution in [0.4, 0.5) is 11.5 Å². The van der Waals surface area contributed by atoms with Crippen LogP contribution in [0.25, 0.3) is 0 Å². The van der Waals surface area contributed by atoms with E-state index in [1.165, 1.54) is 4.68 Å². The molecule has 0 saturated heterocycles. The molecule has 1 aromatic heterocycles. The lowest BCUT2D eigenvalue weighted by atomic mass is 9.82. The van der Waals surface area contributed by atoms with Crippen molar-refractivity contribution in [2.45, 2.75) is 44.6 Å². The first-order valence-electron chi connectivity index (χ1n) is 6.56. The van der Waals surface area contributed by atoms with E-state index in [0.717, 1.165) is 32.1 Å². The van der Waals surface area contributed by atoms with Crippen LogP contribution in [-0.4, -0.2) is 32.0 Å². The number of aromatic nitrogens is 2. The van der Waals surface area contributed by atoms with Crippen molar-refractivity contribution in [3.05, 3.63) is 15.8 Å². The van der Waals surface area contributed by atoms with Crippen LogP contribution in [0.15, 0.2) is 0 Å². The van der Waals surface area contributed by atoms with Gasteiger partial charge in [0, 0.05) is 7.05 Å². The van der Waals surface area contributed by atoms with Gasteiger partial charge in [-0.3, -0.25) is 10.1 Å². The van der Waals surface area contributed by atoms with Crippen LogP contribution in [0, 0.1) is 17.0 Å². The highest BCUT2D eigenvalue weighted by atomic mass is 16.6. The molecule has 0 amide bonds. The summed E-state index contributed by atoms with van der Waals surface area (Å²) in [5, 5.41) is 28.1. The highest BCUT2D eigenvalue weighted by Gasteiger charge is 2.35. The number of hydrogen-bond acceptors (Lipinski definition) is 5. The van der Waals surface area contributed by atoms with Gasteiger partial charge >= 0.3 is 5.69 Å². The van der Waals surface area contributed by atoms with E-state index in [-0.39, 0.29) is 12.3 Å². The molecule has 0 unspecified atom stereocenters. The average molecular weight is 268 g/mol. The predicted octanol–water partition coefficient (Wildman–Crippen LogP) is 1.74. The third-order valence-corrected chi connectivity index (χ3v) is 3.87. The second-order valence-corrected chi connectivity index (χ2v) is 5.29. The van der Waals surface area contributed by atoms with Gasteiger partial charge in [0.2, 0.25) is 5.82 Å². The Hall–Kier alpha value is -1.63. The zero-order valence-corrected chi connectivity index (χ0v) is 11.3. The second-order valence-electron chi connectivity index (χ2n) is 5.29. The largest absolute Gasteiger partial charge is 0.394 e. The van der Waals surface area contributed by atoms with E-state index < -0.39 is 10.5 Å². The van der Waals surface area contributed by atoms with Crippen molar-refractivity contribution < 1.29 is 10.0 Å². The second kappa shape index (κ2) is 5.16. The summed E-state index contributed by atoms with van der Waals surface area (Å²) in [6, 6.07) is 0. The molecule has 0 atom stereocenters. The van der Waals surface area contributed by atoms with Crippen molar-refractivity contribution in [3.8, 4) is 0 Å². The first-order valence-corrected chi connectivity index (χ1v) is 6.56. The van der Waals surface area contributed by atoms with Crippen LogP contribution in [0.3, 0.4) is 0 Å². The summed E-state index contributed by atoms with van der Waals surface area (Å²) >= 11 is 0. The lowest BCUT2D eigenvalue weighted by Crippen LogP contribution is -2.44. The molecule has 0 aromatic carbocycles. The van der Waals surface area contributed by atoms with E-state index in [9.17, 15) is 15.2 Å². The minimum atomic E-state index is -0.455. The van der Waals surface area contributed by atoms with Crippen LogP contribution in [0.1, 0.15) is 37.8 Å². The number of nitrogens with zero attached hydrogens (tertiary/aromatic N) is 3. The molecule has 1 aliphatic carbocycles. The molecule has 1 heterocycles. The molecular formula is C12H20N4O3. The smallest absolute Gasteiger partial charge is 0.333 e. The minimum Gasteiger partial charge on any atom is -0.394 e. The first-order chi connectivity index (χ1) is 8.99. The molecule has 7 heteroatoms. The van der Waals surface area contributed by atoms with Gasteiger partial charge in [0.1, 0.15) is 5.69 Å². The molecule has 0 bridgehead atoms. The van der Waals surface area contributed by atoms with Gasteiger partial charge in [0.05, 0.1) is 17.1 Å². The van der Waals surface area contributed by atoms with Gasteiger partial charge in [-0.15, -0.1) is 0 Å². The molecule has 0 spiro atoms. The minimum absolute atomic E-state index is 0.000832. The molecule has 1 saturated carbocycles. The van der Waals surface area contributed by atoms with Gasteiger partial charge in [-0.25, -0.2) is 4.68 Å². The van der Waals surface area contributed by atoms with Crippen molar-refractivity contribution in [3.63, 3.8) is 0 Å². The number of nitro groups is 1. The summed E-state index contributed by atoms with van der Waals surface area (Å²) in [6.45, 7) is 1.60. The normalized spacial score (nSPS) is 18.3. The molecule has 1 aromatic rings. The molecule has 0 radical (unpaired) electrons. The van der Waals surface area contributed by atoms with Crippen LogP contribution in [0.2, 0.25) is 0 Å². The maximum Gasteiger partial charge on any atom is 0.333 e. The number of aliphatic hydroxyl groups is 1. The SMILES string of the molecule is Cc1nn(C)c(NC2(CO)CCCCC2)c1[N+](=O)[O-]. The highest BCUT2D eigenvalue weighted by molar-refractivity contribution is 5.60. The third kappa shape index (κ3) is 2.56. The lowest BCUT2D eigenvalue weighted by Gasteiger charge is -2.36. The van der Waals surface area contributed by atoms with Crippen molar-refractivity contribution in [1.29, 1.82) is 0 Å². The lowest BCUT2D eigenvalue weighted by molar-refractivity contribution is -0.384. The number of aliphatic hydroxyl groups excluding tert-OH is 1. The van der Waals surface area contributed by atoms with Crippen LogP contribution in [-0.2, 0) is 7.05 Å². The van der Waals surface area contributed by atoms with E-state index in [4.69, 9.17) is 0 Å². The van der Waals surface area contributed by atoms with Crippen LogP contribution in [0.5, 0.6) is 0 Å². The van der Waals surface area contributed by atoms with Crippen molar-refractivity contribution in [2.24, 2.45) is 7.05 Å². The van der Waals surface area contributed by atoms with Gasteiger partial charge in [-0.1, -0.05) is 19.3 Å². The van der Waals surface area contributed by atoms with E-state index >= 15 is 0 Å². The number of nitrogens with one attached hydrogen (secondary N) is 1. The van der Waals surface area contributed by atoms with E-state index in [2.05, 4.69) is 10.4 Å². The summed E-state index contributed by atoms with van der Waals surface area (Å²) in [7, 11) is 1.68. The number of anilines is 1. The summed E-state index contributed by atoms with van der Waals surface area (Å²) in [4.78, 5) is 10.7. The Morgan fingerprint density at radius 2 is 2.11 bits per heavy atom. The Kier molecular flexibility index (Phi) is 3.75. The van der Waals surface area contributed by atoms with Crippen molar-refractivity contribution in [2.75, 3.05) is 11.9 Å². The zero-order valence-electron chi connectivity index (χ0n) is 11.3. The average Bonchev–Trinajstić information content (AvgIpc) is 2.65. The Bertz CT molecular complexity index is 478. The van der Waals surface area contributed by atoms with Gasteiger partial charge in [0.15, 0.2) is 0 Å². The van der Waals surface area contributed by atoms with Gasteiger partial charge in [-0.05, 0) is 19.8 Å². The maximum atomic E-state index is 11.1. The first kappa shape index (κ1) is 13.8. The van der Waals surface area contributed by atoms with Gasteiger partial charge in [-0.2, -0.15) is 5.10 Å². The third-order valence-electron chi connectivity index (χ3n) is 3.87. The number of aryl methyl sites for hydroxylation is 2. The van der Waals surface area contributed by atoms with Crippen LogP contribution < -0.4 is 5.32 Å². The molecule has 2 N–H and O–H groups in total. The fraction of sp³-hybridized carbons (Fsp3) is 0.750. The zero-order chi connectivity index (χ0) is 14.0. The van der Waals surface area contributed by atoms with E-state index in [1.54, 1.807) is 14.0 Å². The molecule has 1 aliphatic rings. The molecule has 0 aliphatic heterocycles.